The first-order valence-electron chi connectivity index (χ1n) is 4.65. The Labute approximate surface area is 85.0 Å². The summed E-state index contributed by atoms with van der Waals surface area (Å²) in [5.74, 6) is 0.466. The lowest BCUT2D eigenvalue weighted by Gasteiger charge is -2.10. The van der Waals surface area contributed by atoms with Crippen molar-refractivity contribution < 1.29 is 0 Å². The molecule has 0 radical (unpaired) electrons. The van der Waals surface area contributed by atoms with Crippen LogP contribution in [0.2, 0.25) is 0 Å². The van der Waals surface area contributed by atoms with Crippen LogP contribution in [0.15, 0.2) is 24.8 Å². The van der Waals surface area contributed by atoms with Crippen molar-refractivity contribution in [2.75, 3.05) is 0 Å². The molecule has 3 N–H and O–H groups in total. The summed E-state index contributed by atoms with van der Waals surface area (Å²) in [6, 6.07) is 5.95. The average Bonchev–Trinajstić information content (AvgIpc) is 2.16. The molecule has 0 bridgehead atoms. The minimum absolute atomic E-state index is 0.466. The zero-order chi connectivity index (χ0) is 10.7. The summed E-state index contributed by atoms with van der Waals surface area (Å²) in [5, 5.41) is 7.29. The van der Waals surface area contributed by atoms with E-state index in [1.807, 2.05) is 18.2 Å². The zero-order valence-corrected chi connectivity index (χ0v) is 8.67. The summed E-state index contributed by atoms with van der Waals surface area (Å²) >= 11 is 0. The van der Waals surface area contributed by atoms with Crippen LogP contribution in [0.4, 0.5) is 0 Å². The maximum atomic E-state index is 7.29. The molecular weight excluding hydrogens is 172 g/mol. The summed E-state index contributed by atoms with van der Waals surface area (Å²) in [7, 11) is 0. The fourth-order valence-corrected chi connectivity index (χ4v) is 1.35. The van der Waals surface area contributed by atoms with Gasteiger partial charge in [0.15, 0.2) is 0 Å². The van der Waals surface area contributed by atoms with Gasteiger partial charge in [0, 0.05) is 23.0 Å². The van der Waals surface area contributed by atoms with Gasteiger partial charge in [-0.05, 0) is 17.5 Å². The molecule has 0 saturated heterocycles. The monoisotopic (exact) mass is 188 g/mol. The lowest BCUT2D eigenvalue weighted by molar-refractivity contribution is 0.866. The van der Waals surface area contributed by atoms with Crippen LogP contribution in [0.1, 0.15) is 36.5 Å². The molecule has 14 heavy (non-hydrogen) atoms. The van der Waals surface area contributed by atoms with Gasteiger partial charge in [-0.3, -0.25) is 0 Å². The van der Waals surface area contributed by atoms with E-state index in [4.69, 9.17) is 11.1 Å². The number of hydrogen-bond acceptors (Lipinski definition) is 2. The molecule has 1 aromatic rings. The predicted molar refractivity (Wildman–Crippen MR) is 61.6 cm³/mol. The molecule has 0 heterocycles. The van der Waals surface area contributed by atoms with E-state index in [2.05, 4.69) is 20.4 Å². The van der Waals surface area contributed by atoms with Crippen molar-refractivity contribution in [2.24, 2.45) is 5.73 Å². The lowest BCUT2D eigenvalue weighted by atomic mass is 9.97. The molecule has 1 aromatic carbocycles. The van der Waals surface area contributed by atoms with Crippen LogP contribution in [-0.2, 0) is 0 Å². The van der Waals surface area contributed by atoms with E-state index < -0.39 is 0 Å². The van der Waals surface area contributed by atoms with E-state index >= 15 is 0 Å². The van der Waals surface area contributed by atoms with Crippen LogP contribution in [-0.4, -0.2) is 6.21 Å². The fourth-order valence-electron chi connectivity index (χ4n) is 1.35. The smallest absolute Gasteiger partial charge is 0.0321 e. The average molecular weight is 188 g/mol. The Hall–Kier alpha value is -1.57. The van der Waals surface area contributed by atoms with E-state index in [0.29, 0.717) is 11.6 Å². The van der Waals surface area contributed by atoms with E-state index in [0.717, 1.165) is 11.1 Å². The van der Waals surface area contributed by atoms with Crippen LogP contribution in [0, 0.1) is 5.41 Å². The van der Waals surface area contributed by atoms with Crippen molar-refractivity contribution in [3.8, 4) is 0 Å². The van der Waals surface area contributed by atoms with Crippen LogP contribution in [0.5, 0.6) is 0 Å². The Kier molecular flexibility index (Phi) is 3.07. The van der Waals surface area contributed by atoms with Gasteiger partial charge in [-0.2, -0.15) is 0 Å². The van der Waals surface area contributed by atoms with Crippen LogP contribution in [0.25, 0.3) is 5.70 Å². The molecule has 0 fully saturated rings. The van der Waals surface area contributed by atoms with Crippen molar-refractivity contribution in [2.45, 2.75) is 19.8 Å². The Morgan fingerprint density at radius 1 is 1.50 bits per heavy atom. The SMILES string of the molecule is C=C(N)c1ccc(C(C)C)cc1C=N. The number of rotatable bonds is 3. The minimum Gasteiger partial charge on any atom is -0.399 e. The third-order valence-corrected chi connectivity index (χ3v) is 2.24. The number of hydrogen-bond donors (Lipinski definition) is 2. The van der Waals surface area contributed by atoms with Gasteiger partial charge in [-0.15, -0.1) is 0 Å². The second kappa shape index (κ2) is 4.09. The third-order valence-electron chi connectivity index (χ3n) is 2.24. The second-order valence-corrected chi connectivity index (χ2v) is 3.67. The number of nitrogens with one attached hydrogen (secondary N) is 1. The molecule has 0 unspecified atom stereocenters. The first kappa shape index (κ1) is 10.5. The highest BCUT2D eigenvalue weighted by Crippen LogP contribution is 2.20. The zero-order valence-electron chi connectivity index (χ0n) is 8.67. The molecule has 0 aliphatic rings. The lowest BCUT2D eigenvalue weighted by Crippen LogP contribution is -2.00. The van der Waals surface area contributed by atoms with Crippen molar-refractivity contribution in [3.63, 3.8) is 0 Å². The van der Waals surface area contributed by atoms with Crippen molar-refractivity contribution in [3.05, 3.63) is 41.5 Å². The molecule has 0 amide bonds. The molecule has 2 heteroatoms. The van der Waals surface area contributed by atoms with Crippen molar-refractivity contribution >= 4 is 11.9 Å². The molecule has 0 atom stereocenters. The minimum atomic E-state index is 0.466. The van der Waals surface area contributed by atoms with Crippen molar-refractivity contribution in [1.82, 2.24) is 0 Å². The number of benzene rings is 1. The van der Waals surface area contributed by atoms with E-state index in [9.17, 15) is 0 Å². The molecule has 0 aliphatic heterocycles. The second-order valence-electron chi connectivity index (χ2n) is 3.67. The summed E-state index contributed by atoms with van der Waals surface area (Å²) in [4.78, 5) is 0. The van der Waals surface area contributed by atoms with Gasteiger partial charge in [0.1, 0.15) is 0 Å². The van der Waals surface area contributed by atoms with Gasteiger partial charge in [-0.1, -0.05) is 32.6 Å². The standard InChI is InChI=1S/C12H16N2/c1-8(2)10-4-5-12(9(3)14)11(6-10)7-13/h4-8,13H,3,14H2,1-2H3. The quantitative estimate of drug-likeness (QED) is 0.704. The fraction of sp³-hybridized carbons (Fsp3) is 0.250. The molecule has 0 aromatic heterocycles. The van der Waals surface area contributed by atoms with Gasteiger partial charge in [0.2, 0.25) is 0 Å². The molecule has 74 valence electrons. The van der Waals surface area contributed by atoms with Gasteiger partial charge in [0.05, 0.1) is 0 Å². The predicted octanol–water partition coefficient (Wildman–Crippen LogP) is 2.74. The van der Waals surface area contributed by atoms with Gasteiger partial charge < -0.3 is 11.1 Å². The van der Waals surface area contributed by atoms with Crippen LogP contribution < -0.4 is 5.73 Å². The molecule has 1 rings (SSSR count). The van der Waals surface area contributed by atoms with Gasteiger partial charge >= 0.3 is 0 Å². The summed E-state index contributed by atoms with van der Waals surface area (Å²) < 4.78 is 0. The summed E-state index contributed by atoms with van der Waals surface area (Å²) in [6.45, 7) is 7.93. The Morgan fingerprint density at radius 2 is 2.14 bits per heavy atom. The number of nitrogens with two attached hydrogens (primary N) is 1. The highest BCUT2D eigenvalue weighted by atomic mass is 14.6. The van der Waals surface area contributed by atoms with Crippen molar-refractivity contribution in [1.29, 1.82) is 5.41 Å². The Bertz CT molecular complexity index is 365. The van der Waals surface area contributed by atoms with Gasteiger partial charge in [0.25, 0.3) is 0 Å². The molecule has 0 saturated carbocycles. The highest BCUT2D eigenvalue weighted by Gasteiger charge is 2.05. The molecule has 2 nitrogen and oxygen atoms in total. The van der Waals surface area contributed by atoms with Crippen LogP contribution >= 0.6 is 0 Å². The summed E-state index contributed by atoms with van der Waals surface area (Å²) in [6.07, 6.45) is 1.32. The molecule has 0 spiro atoms. The van der Waals surface area contributed by atoms with Crippen LogP contribution in [0.3, 0.4) is 0 Å². The topological polar surface area (TPSA) is 49.9 Å². The summed E-state index contributed by atoms with van der Waals surface area (Å²) in [5.41, 5.74) is 9.04. The Balaban J connectivity index is 3.25. The maximum absolute atomic E-state index is 7.29. The molecular formula is C12H16N2. The van der Waals surface area contributed by atoms with E-state index in [1.165, 1.54) is 11.8 Å². The first-order valence-corrected chi connectivity index (χ1v) is 4.65. The third kappa shape index (κ3) is 2.02. The maximum Gasteiger partial charge on any atom is 0.0321 e. The van der Waals surface area contributed by atoms with E-state index in [-0.39, 0.29) is 0 Å². The Morgan fingerprint density at radius 3 is 2.57 bits per heavy atom. The molecule has 0 aliphatic carbocycles. The largest absolute Gasteiger partial charge is 0.399 e. The normalized spacial score (nSPS) is 10.2. The first-order chi connectivity index (χ1) is 6.56. The van der Waals surface area contributed by atoms with E-state index in [1.54, 1.807) is 0 Å². The van der Waals surface area contributed by atoms with Gasteiger partial charge in [-0.25, -0.2) is 0 Å². The highest BCUT2D eigenvalue weighted by molar-refractivity contribution is 5.86.